The molecule has 4 rings (SSSR count). The van der Waals surface area contributed by atoms with Crippen LogP contribution in [-0.4, -0.2) is 12.0 Å². The predicted octanol–water partition coefficient (Wildman–Crippen LogP) is 4.99. The molecule has 0 fully saturated rings. The smallest absolute Gasteiger partial charge is 0.311 e. The van der Waals surface area contributed by atoms with Crippen LogP contribution in [-0.2, 0) is 6.42 Å². The topological polar surface area (TPSA) is 64.4 Å². The predicted molar refractivity (Wildman–Crippen MR) is 102 cm³/mol. The van der Waals surface area contributed by atoms with Gasteiger partial charge in [0.1, 0.15) is 0 Å². The van der Waals surface area contributed by atoms with Gasteiger partial charge in [-0.15, -0.1) is 0 Å². The lowest BCUT2D eigenvalue weighted by Gasteiger charge is -2.38. The van der Waals surface area contributed by atoms with Gasteiger partial charge in [0, 0.05) is 17.7 Å². The number of nitro benzene ring substituents is 1. The molecule has 0 spiro atoms. The van der Waals surface area contributed by atoms with Gasteiger partial charge in [0.2, 0.25) is 0 Å². The second-order valence-corrected chi connectivity index (χ2v) is 6.90. The van der Waals surface area contributed by atoms with Crippen LogP contribution in [0.4, 0.5) is 11.4 Å². The molecule has 0 aromatic heterocycles. The van der Waals surface area contributed by atoms with Gasteiger partial charge in [-0.05, 0) is 41.5 Å². The standard InChI is InChI=1S/C21H22N2O3/c1-3-13-6-4-8-16-15-7-5-9-17(15)21(22-20(13)16)14-10-11-19(26-2)18(12-14)23(24)25/h4-8,10-12,15,17,21-22H,3,9H2,1-2H3/t15-,17-,21-/m0/s1. The summed E-state index contributed by atoms with van der Waals surface area (Å²) in [5.74, 6) is 1.01. The van der Waals surface area contributed by atoms with Crippen LogP contribution in [0, 0.1) is 16.0 Å². The molecule has 0 saturated carbocycles. The molecule has 0 radical (unpaired) electrons. The fourth-order valence-electron chi connectivity index (χ4n) is 4.35. The van der Waals surface area contributed by atoms with Gasteiger partial charge in [-0.2, -0.15) is 0 Å². The van der Waals surface area contributed by atoms with Crippen molar-refractivity contribution in [3.63, 3.8) is 0 Å². The Morgan fingerprint density at radius 3 is 2.88 bits per heavy atom. The summed E-state index contributed by atoms with van der Waals surface area (Å²) in [5, 5.41) is 15.1. The molecule has 2 aromatic rings. The molecule has 0 amide bonds. The number of hydrogen-bond acceptors (Lipinski definition) is 4. The number of anilines is 1. The van der Waals surface area contributed by atoms with E-state index in [1.54, 1.807) is 12.1 Å². The van der Waals surface area contributed by atoms with E-state index < -0.39 is 0 Å². The van der Waals surface area contributed by atoms with Crippen molar-refractivity contribution >= 4 is 11.4 Å². The molecule has 2 aromatic carbocycles. The summed E-state index contributed by atoms with van der Waals surface area (Å²) < 4.78 is 5.15. The first-order valence-electron chi connectivity index (χ1n) is 9.01. The van der Waals surface area contributed by atoms with Crippen molar-refractivity contribution in [1.29, 1.82) is 0 Å². The van der Waals surface area contributed by atoms with E-state index in [1.807, 2.05) is 6.07 Å². The van der Waals surface area contributed by atoms with Crippen LogP contribution in [0.25, 0.3) is 0 Å². The van der Waals surface area contributed by atoms with Crippen LogP contribution < -0.4 is 10.1 Å². The Bertz CT molecular complexity index is 891. The molecule has 1 aliphatic carbocycles. The molecule has 134 valence electrons. The van der Waals surface area contributed by atoms with Gasteiger partial charge in [-0.3, -0.25) is 10.1 Å². The minimum atomic E-state index is -0.374. The van der Waals surface area contributed by atoms with Gasteiger partial charge in [-0.25, -0.2) is 0 Å². The van der Waals surface area contributed by atoms with Gasteiger partial charge in [-0.1, -0.05) is 43.3 Å². The molecule has 0 unspecified atom stereocenters. The zero-order valence-electron chi connectivity index (χ0n) is 14.9. The number of methoxy groups -OCH3 is 1. The van der Waals surface area contributed by atoms with Gasteiger partial charge >= 0.3 is 5.69 Å². The molecule has 5 heteroatoms. The highest BCUT2D eigenvalue weighted by Crippen LogP contribution is 2.51. The maximum absolute atomic E-state index is 11.4. The van der Waals surface area contributed by atoms with E-state index >= 15 is 0 Å². The molecule has 2 aliphatic rings. The van der Waals surface area contributed by atoms with E-state index in [9.17, 15) is 10.1 Å². The zero-order chi connectivity index (χ0) is 18.3. The summed E-state index contributed by atoms with van der Waals surface area (Å²) in [6.07, 6.45) is 6.44. The monoisotopic (exact) mass is 350 g/mol. The lowest BCUT2D eigenvalue weighted by Crippen LogP contribution is -2.29. The fraction of sp³-hybridized carbons (Fsp3) is 0.333. The summed E-state index contributed by atoms with van der Waals surface area (Å²) in [5.41, 5.74) is 4.76. The van der Waals surface area contributed by atoms with Crippen molar-refractivity contribution in [2.75, 3.05) is 12.4 Å². The van der Waals surface area contributed by atoms with Crippen molar-refractivity contribution in [3.05, 3.63) is 75.4 Å². The Balaban J connectivity index is 1.80. The van der Waals surface area contributed by atoms with Crippen molar-refractivity contribution in [1.82, 2.24) is 0 Å². The highest BCUT2D eigenvalue weighted by atomic mass is 16.6. The number of nitrogens with one attached hydrogen (secondary N) is 1. The summed E-state index contributed by atoms with van der Waals surface area (Å²) in [6, 6.07) is 11.8. The van der Waals surface area contributed by atoms with Gasteiger partial charge in [0.15, 0.2) is 5.75 Å². The highest BCUT2D eigenvalue weighted by molar-refractivity contribution is 5.65. The summed E-state index contributed by atoms with van der Waals surface area (Å²) in [4.78, 5) is 11.1. The molecule has 5 nitrogen and oxygen atoms in total. The Kier molecular flexibility index (Phi) is 4.15. The van der Waals surface area contributed by atoms with Gasteiger partial charge in [0.05, 0.1) is 18.1 Å². The lowest BCUT2D eigenvalue weighted by molar-refractivity contribution is -0.385. The van der Waals surface area contributed by atoms with Crippen LogP contribution in [0.5, 0.6) is 5.75 Å². The number of rotatable bonds is 4. The van der Waals surface area contributed by atoms with Crippen LogP contribution in [0.1, 0.15) is 42.0 Å². The Labute approximate surface area is 152 Å². The Morgan fingerprint density at radius 1 is 1.31 bits per heavy atom. The van der Waals surface area contributed by atoms with Crippen LogP contribution >= 0.6 is 0 Å². The Morgan fingerprint density at radius 2 is 2.15 bits per heavy atom. The minimum absolute atomic E-state index is 0.0175. The average molecular weight is 350 g/mol. The number of fused-ring (bicyclic) bond motifs is 3. The van der Waals surface area contributed by atoms with E-state index in [1.165, 1.54) is 23.9 Å². The number of ether oxygens (including phenoxy) is 1. The molecular formula is C21H22N2O3. The van der Waals surface area contributed by atoms with Gasteiger partial charge < -0.3 is 10.1 Å². The Hall–Kier alpha value is -2.82. The van der Waals surface area contributed by atoms with Crippen LogP contribution in [0.15, 0.2) is 48.6 Å². The largest absolute Gasteiger partial charge is 0.490 e. The summed E-state index contributed by atoms with van der Waals surface area (Å²) in [7, 11) is 1.46. The SMILES string of the molecule is CCc1cccc2c1N[C@@H](c1ccc(OC)c([N+](=O)[O-])c1)[C@H]1CC=C[C@@H]21. The van der Waals surface area contributed by atoms with E-state index in [-0.39, 0.29) is 16.7 Å². The van der Waals surface area contributed by atoms with Crippen molar-refractivity contribution in [2.24, 2.45) is 5.92 Å². The first-order valence-corrected chi connectivity index (χ1v) is 9.01. The maximum atomic E-state index is 11.4. The number of benzene rings is 2. The molecular weight excluding hydrogens is 328 g/mol. The molecule has 0 saturated heterocycles. The number of nitro groups is 1. The van der Waals surface area contributed by atoms with E-state index in [0.29, 0.717) is 17.6 Å². The first kappa shape index (κ1) is 16.6. The quantitative estimate of drug-likeness (QED) is 0.479. The fourth-order valence-corrected chi connectivity index (χ4v) is 4.35. The molecule has 3 atom stereocenters. The van der Waals surface area contributed by atoms with E-state index in [0.717, 1.165) is 18.4 Å². The van der Waals surface area contributed by atoms with E-state index in [2.05, 4.69) is 42.6 Å². The van der Waals surface area contributed by atoms with Crippen molar-refractivity contribution in [3.8, 4) is 5.75 Å². The van der Waals surface area contributed by atoms with Gasteiger partial charge in [0.25, 0.3) is 0 Å². The number of nitrogens with zero attached hydrogens (tertiary/aromatic N) is 1. The lowest BCUT2D eigenvalue weighted by atomic mass is 9.76. The second kappa shape index (κ2) is 6.48. The van der Waals surface area contributed by atoms with Crippen molar-refractivity contribution < 1.29 is 9.66 Å². The first-order chi connectivity index (χ1) is 12.6. The molecule has 0 bridgehead atoms. The molecule has 1 aliphatic heterocycles. The summed E-state index contributed by atoms with van der Waals surface area (Å²) >= 11 is 0. The van der Waals surface area contributed by atoms with E-state index in [4.69, 9.17) is 4.74 Å². The molecule has 1 heterocycles. The third-order valence-electron chi connectivity index (χ3n) is 5.62. The zero-order valence-corrected chi connectivity index (χ0v) is 14.9. The normalized spacial score (nSPS) is 23.1. The van der Waals surface area contributed by atoms with Crippen LogP contribution in [0.3, 0.4) is 0 Å². The minimum Gasteiger partial charge on any atom is -0.490 e. The third kappa shape index (κ3) is 2.55. The maximum Gasteiger partial charge on any atom is 0.311 e. The highest BCUT2D eigenvalue weighted by Gasteiger charge is 2.39. The van der Waals surface area contributed by atoms with Crippen LogP contribution in [0.2, 0.25) is 0 Å². The summed E-state index contributed by atoms with van der Waals surface area (Å²) in [6.45, 7) is 2.15. The molecule has 1 N–H and O–H groups in total. The average Bonchev–Trinajstić information content (AvgIpc) is 3.16. The number of aryl methyl sites for hydroxylation is 1. The number of hydrogen-bond donors (Lipinski definition) is 1. The second-order valence-electron chi connectivity index (χ2n) is 6.90. The third-order valence-corrected chi connectivity index (χ3v) is 5.62. The molecule has 26 heavy (non-hydrogen) atoms. The number of allylic oxidation sites excluding steroid dienone is 2. The van der Waals surface area contributed by atoms with Crippen molar-refractivity contribution in [2.45, 2.75) is 31.7 Å². The number of para-hydroxylation sites is 1.